The fraction of sp³-hybridized carbons (Fsp3) is 0.485. The molecule has 0 saturated carbocycles. The third-order valence-electron chi connectivity index (χ3n) is 6.94. The van der Waals surface area contributed by atoms with Crippen molar-refractivity contribution in [2.45, 2.75) is 104 Å². The van der Waals surface area contributed by atoms with E-state index in [4.69, 9.17) is 4.98 Å². The van der Waals surface area contributed by atoms with Crippen LogP contribution < -0.4 is 0 Å². The molecule has 0 aliphatic heterocycles. The Hall–Kier alpha value is -2.41. The molecule has 34 heavy (non-hydrogen) atoms. The second-order valence-corrected chi connectivity index (χ2v) is 9.89. The van der Waals surface area contributed by atoms with Crippen molar-refractivity contribution in [3.05, 3.63) is 89.1 Å². The Morgan fingerprint density at radius 2 is 0.882 bits per heavy atom. The van der Waals surface area contributed by atoms with E-state index in [1.54, 1.807) is 0 Å². The molecular formula is C33H45N. The van der Waals surface area contributed by atoms with Crippen LogP contribution in [0.15, 0.2) is 66.9 Å². The summed E-state index contributed by atoms with van der Waals surface area (Å²) < 4.78 is 0. The molecular weight excluding hydrogens is 410 g/mol. The van der Waals surface area contributed by atoms with Gasteiger partial charge in [0.1, 0.15) is 0 Å². The first kappa shape index (κ1) is 26.2. The Morgan fingerprint density at radius 3 is 1.44 bits per heavy atom. The van der Waals surface area contributed by atoms with Crippen LogP contribution in [0, 0.1) is 0 Å². The van der Waals surface area contributed by atoms with Crippen molar-refractivity contribution in [3.8, 4) is 11.3 Å². The first-order valence-corrected chi connectivity index (χ1v) is 13.9. The van der Waals surface area contributed by atoms with Gasteiger partial charge in [-0.1, -0.05) is 120 Å². The predicted octanol–water partition coefficient (Wildman–Crippen LogP) is 9.56. The Balaban J connectivity index is 1.40. The van der Waals surface area contributed by atoms with Crippen LogP contribution in [0.4, 0.5) is 0 Å². The summed E-state index contributed by atoms with van der Waals surface area (Å²) in [5.41, 5.74) is 7.96. The maximum Gasteiger partial charge on any atom is 0.0702 e. The van der Waals surface area contributed by atoms with Crippen molar-refractivity contribution in [1.29, 1.82) is 0 Å². The molecule has 0 bridgehead atoms. The summed E-state index contributed by atoms with van der Waals surface area (Å²) in [7, 11) is 0. The molecule has 3 aromatic rings. The van der Waals surface area contributed by atoms with Gasteiger partial charge in [-0.05, 0) is 66.8 Å². The minimum atomic E-state index is 1.07. The van der Waals surface area contributed by atoms with Crippen LogP contribution in [0.3, 0.4) is 0 Å². The molecule has 1 heterocycles. The Labute approximate surface area is 209 Å². The lowest BCUT2D eigenvalue weighted by Gasteiger charge is -2.07. The highest BCUT2D eigenvalue weighted by atomic mass is 14.7. The number of aromatic nitrogens is 1. The van der Waals surface area contributed by atoms with E-state index in [0.29, 0.717) is 0 Å². The van der Waals surface area contributed by atoms with Crippen LogP contribution in [-0.4, -0.2) is 4.98 Å². The Morgan fingerprint density at radius 1 is 0.441 bits per heavy atom. The number of rotatable bonds is 16. The minimum absolute atomic E-state index is 1.07. The molecule has 0 radical (unpaired) electrons. The van der Waals surface area contributed by atoms with Gasteiger partial charge in [0.15, 0.2) is 0 Å². The third kappa shape index (κ3) is 9.45. The number of aryl methyl sites for hydroxylation is 4. The van der Waals surface area contributed by atoms with Crippen molar-refractivity contribution >= 4 is 0 Å². The number of nitrogens with zero attached hydrogens (tertiary/aromatic N) is 1. The van der Waals surface area contributed by atoms with E-state index in [9.17, 15) is 0 Å². The zero-order valence-corrected chi connectivity index (χ0v) is 21.7. The molecule has 0 aliphatic carbocycles. The van der Waals surface area contributed by atoms with Gasteiger partial charge in [0.05, 0.1) is 5.69 Å². The molecule has 0 fully saturated rings. The van der Waals surface area contributed by atoms with Gasteiger partial charge < -0.3 is 0 Å². The van der Waals surface area contributed by atoms with E-state index in [1.807, 2.05) is 0 Å². The molecule has 1 nitrogen and oxygen atoms in total. The number of pyridine rings is 1. The maximum atomic E-state index is 4.72. The lowest BCUT2D eigenvalue weighted by atomic mass is 9.99. The molecule has 1 heteroatoms. The quantitative estimate of drug-likeness (QED) is 0.196. The van der Waals surface area contributed by atoms with Crippen molar-refractivity contribution in [2.24, 2.45) is 0 Å². The molecule has 0 N–H and O–H groups in total. The molecule has 0 amide bonds. The lowest BCUT2D eigenvalue weighted by molar-refractivity contribution is 0.607. The summed E-state index contributed by atoms with van der Waals surface area (Å²) in [6, 6.07) is 22.7. The second-order valence-electron chi connectivity index (χ2n) is 9.89. The van der Waals surface area contributed by atoms with Crippen LogP contribution in [0.1, 0.15) is 100 Å². The summed E-state index contributed by atoms with van der Waals surface area (Å²) in [5, 5.41) is 0. The van der Waals surface area contributed by atoms with Gasteiger partial charge in [-0.3, -0.25) is 4.98 Å². The normalized spacial score (nSPS) is 11.1. The molecule has 2 aromatic carbocycles. The van der Waals surface area contributed by atoms with Gasteiger partial charge in [0, 0.05) is 11.8 Å². The van der Waals surface area contributed by atoms with Gasteiger partial charge in [-0.15, -0.1) is 0 Å². The summed E-state index contributed by atoms with van der Waals surface area (Å²) in [6.07, 6.45) is 20.0. The van der Waals surface area contributed by atoms with Crippen LogP contribution in [0.2, 0.25) is 0 Å². The van der Waals surface area contributed by atoms with Crippen molar-refractivity contribution in [3.63, 3.8) is 0 Å². The van der Waals surface area contributed by atoms with Gasteiger partial charge in [0.2, 0.25) is 0 Å². The zero-order chi connectivity index (χ0) is 23.8. The summed E-state index contributed by atoms with van der Waals surface area (Å²) in [6.45, 7) is 4.54. The van der Waals surface area contributed by atoms with Gasteiger partial charge >= 0.3 is 0 Å². The average Bonchev–Trinajstić information content (AvgIpc) is 2.89. The smallest absolute Gasteiger partial charge is 0.0702 e. The minimum Gasteiger partial charge on any atom is -0.256 e. The number of hydrogen-bond donors (Lipinski definition) is 0. The topological polar surface area (TPSA) is 12.9 Å². The Bertz CT molecular complexity index is 906. The molecule has 0 aliphatic rings. The zero-order valence-electron chi connectivity index (χ0n) is 21.7. The number of unbranched alkanes of at least 4 members (excludes halogenated alkanes) is 8. The summed E-state index contributed by atoms with van der Waals surface area (Å²) >= 11 is 0. The monoisotopic (exact) mass is 455 g/mol. The van der Waals surface area contributed by atoms with Gasteiger partial charge in [-0.25, -0.2) is 0 Å². The van der Waals surface area contributed by atoms with E-state index in [2.05, 4.69) is 80.7 Å². The van der Waals surface area contributed by atoms with Gasteiger partial charge in [-0.2, -0.15) is 0 Å². The number of hydrogen-bond acceptors (Lipinski definition) is 1. The van der Waals surface area contributed by atoms with Crippen LogP contribution in [-0.2, 0) is 25.7 Å². The average molecular weight is 456 g/mol. The molecule has 0 atom stereocenters. The van der Waals surface area contributed by atoms with Crippen LogP contribution >= 0.6 is 0 Å². The van der Waals surface area contributed by atoms with E-state index in [1.165, 1.54) is 98.4 Å². The first-order chi connectivity index (χ1) is 16.8. The largest absolute Gasteiger partial charge is 0.256 e. The fourth-order valence-corrected chi connectivity index (χ4v) is 4.61. The maximum absolute atomic E-state index is 4.72. The van der Waals surface area contributed by atoms with E-state index in [0.717, 1.165) is 25.0 Å². The lowest BCUT2D eigenvalue weighted by Crippen LogP contribution is -1.93. The van der Waals surface area contributed by atoms with Crippen LogP contribution in [0.25, 0.3) is 11.3 Å². The van der Waals surface area contributed by atoms with Crippen molar-refractivity contribution < 1.29 is 0 Å². The fourth-order valence-electron chi connectivity index (χ4n) is 4.61. The highest BCUT2D eigenvalue weighted by Crippen LogP contribution is 2.20. The summed E-state index contributed by atoms with van der Waals surface area (Å²) in [4.78, 5) is 4.72. The second kappa shape index (κ2) is 15.5. The molecule has 0 spiro atoms. The standard InChI is InChI=1S/C33H45N/c1-3-5-7-9-10-12-13-28-15-17-29(18-16-28)19-20-30-21-24-32(25-22-30)33-26-23-31(27-34-33)14-11-8-6-4-2/h15-18,21-27H,3-14,19-20H2,1-2H3. The molecule has 0 saturated heterocycles. The highest BCUT2D eigenvalue weighted by molar-refractivity contribution is 5.59. The molecule has 3 rings (SSSR count). The molecule has 0 unspecified atom stereocenters. The summed E-state index contributed by atoms with van der Waals surface area (Å²) in [5.74, 6) is 0. The van der Waals surface area contributed by atoms with Crippen LogP contribution in [0.5, 0.6) is 0 Å². The SMILES string of the molecule is CCCCCCCCc1ccc(CCc2ccc(-c3ccc(CCCCCC)cn3)cc2)cc1. The predicted molar refractivity (Wildman–Crippen MR) is 148 cm³/mol. The Kier molecular flexibility index (Phi) is 11.9. The van der Waals surface area contributed by atoms with E-state index in [-0.39, 0.29) is 0 Å². The van der Waals surface area contributed by atoms with Crippen molar-refractivity contribution in [2.75, 3.05) is 0 Å². The highest BCUT2D eigenvalue weighted by Gasteiger charge is 2.03. The third-order valence-corrected chi connectivity index (χ3v) is 6.94. The van der Waals surface area contributed by atoms with Crippen molar-refractivity contribution in [1.82, 2.24) is 4.98 Å². The van der Waals surface area contributed by atoms with E-state index < -0.39 is 0 Å². The van der Waals surface area contributed by atoms with Gasteiger partial charge in [0.25, 0.3) is 0 Å². The molecule has 182 valence electrons. The van der Waals surface area contributed by atoms with E-state index >= 15 is 0 Å². The molecule has 1 aromatic heterocycles. The number of benzene rings is 2. The first-order valence-electron chi connectivity index (χ1n) is 13.9.